The van der Waals surface area contributed by atoms with Crippen molar-refractivity contribution >= 4 is 106 Å². The highest BCUT2D eigenvalue weighted by Gasteiger charge is 2.34. The highest BCUT2D eigenvalue weighted by Crippen LogP contribution is 2.37. The summed E-state index contributed by atoms with van der Waals surface area (Å²) in [5, 5.41) is 22.2. The quantitative estimate of drug-likeness (QED) is 0.0550. The number of nitrogens with zero attached hydrogens (tertiary/aromatic N) is 12. The second-order valence-electron chi connectivity index (χ2n) is 20.7. The predicted molar refractivity (Wildman–Crippen MR) is 333 cm³/mol. The van der Waals surface area contributed by atoms with E-state index in [1.807, 2.05) is 40.4 Å². The molecule has 0 spiro atoms. The predicted octanol–water partition coefficient (Wildman–Crippen LogP) is 11.3. The summed E-state index contributed by atoms with van der Waals surface area (Å²) < 4.78 is 122. The van der Waals surface area contributed by atoms with E-state index in [1.54, 1.807) is 54.4 Å². The van der Waals surface area contributed by atoms with Crippen molar-refractivity contribution in [1.29, 1.82) is 0 Å². The number of benzene rings is 3. The zero-order valence-corrected chi connectivity index (χ0v) is 52.7. The lowest BCUT2D eigenvalue weighted by molar-refractivity contribution is -0.138. The molecule has 2 aliphatic heterocycles. The van der Waals surface area contributed by atoms with Crippen molar-refractivity contribution in [1.82, 2.24) is 58.9 Å². The van der Waals surface area contributed by atoms with Gasteiger partial charge in [0.1, 0.15) is 35.5 Å². The van der Waals surface area contributed by atoms with E-state index >= 15 is 0 Å². The second-order valence-corrected chi connectivity index (χ2v) is 22.9. The molecule has 6 aromatic heterocycles. The first kappa shape index (κ1) is 69.3. The van der Waals surface area contributed by atoms with Crippen LogP contribution in [-0.2, 0) is 28.1 Å². The van der Waals surface area contributed by atoms with Gasteiger partial charge < -0.3 is 53.6 Å². The molecule has 482 valence electrons. The first-order valence-electron chi connectivity index (χ1n) is 27.4. The molecule has 0 bridgehead atoms. The molecule has 0 unspecified atom stereocenters. The Morgan fingerprint density at radius 1 is 0.533 bits per heavy atom. The Labute approximate surface area is 531 Å². The van der Waals surface area contributed by atoms with Gasteiger partial charge in [-0.05, 0) is 142 Å². The summed E-state index contributed by atoms with van der Waals surface area (Å²) in [5.74, 6) is 1.26. The largest absolute Gasteiger partial charge is 0.416 e. The van der Waals surface area contributed by atoms with E-state index in [2.05, 4.69) is 83.0 Å². The van der Waals surface area contributed by atoms with Crippen LogP contribution in [0.15, 0.2) is 119 Å². The zero-order chi connectivity index (χ0) is 66.0. The van der Waals surface area contributed by atoms with Crippen LogP contribution in [0.5, 0.6) is 0 Å². The lowest BCUT2D eigenvalue weighted by Gasteiger charge is -2.34. The number of fused-ring (bicyclic) bond motifs is 3. The highest BCUT2D eigenvalue weighted by atomic mass is 79.9. The van der Waals surface area contributed by atoms with E-state index in [1.165, 1.54) is 37.2 Å². The minimum atomic E-state index is -4.48. The van der Waals surface area contributed by atoms with Crippen LogP contribution in [0.3, 0.4) is 0 Å². The van der Waals surface area contributed by atoms with Crippen molar-refractivity contribution < 1.29 is 49.1 Å². The molecule has 0 aliphatic carbocycles. The van der Waals surface area contributed by atoms with Gasteiger partial charge in [0.25, 0.3) is 0 Å². The lowest BCUT2D eigenvalue weighted by atomic mass is 10.0. The molecule has 3 atom stereocenters. The smallest absolute Gasteiger partial charge is 0.399 e. The number of piperazine rings is 2. The maximum absolute atomic E-state index is 13.2. The maximum Gasteiger partial charge on any atom is 0.416 e. The Bertz CT molecular complexity index is 3920. The van der Waals surface area contributed by atoms with E-state index in [-0.39, 0.29) is 28.9 Å². The number of aromatic nitrogens is 9. The van der Waals surface area contributed by atoms with E-state index in [0.29, 0.717) is 70.7 Å². The van der Waals surface area contributed by atoms with Gasteiger partial charge in [-0.3, -0.25) is 9.59 Å². The number of alkyl halides is 9. The summed E-state index contributed by atoms with van der Waals surface area (Å²) in [6, 6.07) is 14.6. The van der Waals surface area contributed by atoms with Crippen molar-refractivity contribution in [2.75, 3.05) is 85.1 Å². The first-order valence-corrected chi connectivity index (χ1v) is 29.3. The fraction of sp³-hybridized carbons (Fsp3) is 0.333. The third-order valence-electron chi connectivity index (χ3n) is 13.9. The molecule has 33 heteroatoms. The van der Waals surface area contributed by atoms with Crippen LogP contribution in [0.4, 0.5) is 73.9 Å². The molecule has 11 rings (SSSR count). The maximum atomic E-state index is 13.2. The van der Waals surface area contributed by atoms with E-state index in [9.17, 15) is 49.1 Å². The number of amides is 2. The zero-order valence-electron chi connectivity index (χ0n) is 48.8. The van der Waals surface area contributed by atoms with E-state index in [4.69, 9.17) is 34.5 Å². The number of hydrogen-bond donors (Lipinski definition) is 7. The molecule has 90 heavy (non-hydrogen) atoms. The SMILES string of the molecule is CC(=O)N1CCN(c2cc3c(N[C@H](C)c4cc(N)cc(C(F)(F)F)c4)ncnn3c2)CC1.CC(=O)N1CCNCC1.C[C@@H](N)c1cc(N)cc(C(F)(F)F)c1.C[C@@H](Nc1ncnn2cc(Br)cc12)c1cc(N)cc(C(F)(F)F)c1.Clc1ncnn2cc(Br)cc12. The number of nitrogens with one attached hydrogen (secondary N) is 3. The number of nitrogens with two attached hydrogens (primary N) is 4. The molecule has 21 nitrogen and oxygen atoms in total. The summed E-state index contributed by atoms with van der Waals surface area (Å²) >= 11 is 12.4. The van der Waals surface area contributed by atoms with Gasteiger partial charge in [0.05, 0.1) is 40.7 Å². The number of carbonyl (C=O) groups excluding carboxylic acids is 2. The van der Waals surface area contributed by atoms with Crippen LogP contribution in [0, 0.1) is 0 Å². The van der Waals surface area contributed by atoms with Crippen molar-refractivity contribution in [3.8, 4) is 0 Å². The third-order valence-corrected chi connectivity index (χ3v) is 15.0. The molecule has 0 saturated carbocycles. The fourth-order valence-electron chi connectivity index (χ4n) is 9.20. The lowest BCUT2D eigenvalue weighted by Crippen LogP contribution is -2.48. The summed E-state index contributed by atoms with van der Waals surface area (Å²) in [6.45, 7) is 14.6. The van der Waals surface area contributed by atoms with Crippen molar-refractivity contribution in [3.63, 3.8) is 0 Å². The van der Waals surface area contributed by atoms with Gasteiger partial charge in [0.2, 0.25) is 11.8 Å². The number of anilines is 6. The Balaban J connectivity index is 0.000000173. The summed E-state index contributed by atoms with van der Waals surface area (Å²) in [5.41, 5.74) is 24.4. The summed E-state index contributed by atoms with van der Waals surface area (Å²) in [4.78, 5) is 40.4. The van der Waals surface area contributed by atoms with Crippen LogP contribution in [0.2, 0.25) is 5.15 Å². The highest BCUT2D eigenvalue weighted by molar-refractivity contribution is 9.10. The minimum Gasteiger partial charge on any atom is -0.399 e. The van der Waals surface area contributed by atoms with Gasteiger partial charge in [-0.15, -0.1) is 0 Å². The molecular weight excluding hydrogens is 1350 g/mol. The average molecular weight is 1410 g/mol. The average Bonchev–Trinajstić information content (AvgIpc) is 1.84. The minimum absolute atomic E-state index is 0.0472. The van der Waals surface area contributed by atoms with Crippen LogP contribution >= 0.6 is 43.5 Å². The van der Waals surface area contributed by atoms with Gasteiger partial charge in [-0.25, -0.2) is 28.5 Å². The van der Waals surface area contributed by atoms with Crippen LogP contribution in [0.1, 0.15) is 86.1 Å². The van der Waals surface area contributed by atoms with Gasteiger partial charge >= 0.3 is 18.5 Å². The van der Waals surface area contributed by atoms with E-state index in [0.717, 1.165) is 82.7 Å². The number of halogens is 12. The molecule has 2 fully saturated rings. The van der Waals surface area contributed by atoms with Gasteiger partial charge in [0, 0.05) is 111 Å². The van der Waals surface area contributed by atoms with Gasteiger partial charge in [0.15, 0.2) is 16.8 Å². The normalized spacial score (nSPS) is 14.6. The second kappa shape index (κ2) is 29.6. The Morgan fingerprint density at radius 3 is 1.32 bits per heavy atom. The van der Waals surface area contributed by atoms with E-state index < -0.39 is 53.3 Å². The van der Waals surface area contributed by atoms with Gasteiger partial charge in [-0.2, -0.15) is 54.8 Å². The van der Waals surface area contributed by atoms with Gasteiger partial charge in [-0.1, -0.05) is 11.6 Å². The Morgan fingerprint density at radius 2 is 0.911 bits per heavy atom. The summed E-state index contributed by atoms with van der Waals surface area (Å²) in [7, 11) is 0. The molecular formula is C57H63Br2ClF9N19O2. The topological polar surface area (TPSA) is 275 Å². The Kier molecular flexibility index (Phi) is 22.8. The standard InChI is InChI=1S/C21H24F3N7O.C15H13BrF3N5.C9H11F3N2.C6H3BrClN3.C6H12N2O/c1-13(15-7-16(21(22,23)24)9-17(25)8-15)28-20-19-10-18(11-31(19)27-12-26-20)30-5-3-29(4-6-30)14(2)32;1-8(9-2-10(15(17,18)19)4-12(20)3-9)23-14-13-5-11(16)6-24(13)22-7-21-14;1-5(13)6-2-7(9(10,11)12)4-8(14)3-6;7-4-1-5-6(8)9-3-10-11(5)2-4;1-6(9)8-4-2-7-3-5-8/h7-13H,3-6,25H2,1-2H3,(H,26,27,28);2-8H,20H2,1H3,(H,21,22,23);2-5H,13-14H2,1H3;1-3H;7H,2-5H2,1H3/t13-;8-;5-;;/m111../s1. The van der Waals surface area contributed by atoms with Crippen LogP contribution < -0.4 is 43.8 Å². The molecule has 2 amide bonds. The van der Waals surface area contributed by atoms with Crippen molar-refractivity contribution in [3.05, 3.63) is 158 Å². The summed E-state index contributed by atoms with van der Waals surface area (Å²) in [6.07, 6.45) is -3.67. The third kappa shape index (κ3) is 18.9. The number of nitrogen functional groups attached to an aromatic ring is 3. The molecule has 9 aromatic rings. The fourth-order valence-corrected chi connectivity index (χ4v) is 10.2. The number of rotatable bonds is 8. The number of hydrogen-bond acceptors (Lipinski definition) is 16. The Hall–Kier alpha value is -8.20. The molecule has 0 radical (unpaired) electrons. The molecule has 11 N–H and O–H groups in total. The van der Waals surface area contributed by atoms with Crippen molar-refractivity contribution in [2.24, 2.45) is 5.73 Å². The van der Waals surface area contributed by atoms with Crippen LogP contribution in [-0.4, -0.2) is 118 Å². The van der Waals surface area contributed by atoms with Crippen LogP contribution in [0.25, 0.3) is 16.6 Å². The monoisotopic (exact) mass is 1410 g/mol. The molecule has 2 aliphatic rings. The number of carbonyl (C=O) groups is 2. The molecule has 3 aromatic carbocycles. The van der Waals surface area contributed by atoms with Crippen molar-refractivity contribution in [2.45, 2.75) is 71.3 Å². The molecule has 2 saturated heterocycles. The first-order chi connectivity index (χ1) is 42.2. The molecule has 8 heterocycles.